The maximum Gasteiger partial charge on any atom is 0.0564 e. The van der Waals surface area contributed by atoms with Crippen molar-refractivity contribution in [3.63, 3.8) is 0 Å². The first-order chi connectivity index (χ1) is 8.29. The lowest BCUT2D eigenvalue weighted by Crippen LogP contribution is -1.95. The number of fused-ring (bicyclic) bond motifs is 1. The van der Waals surface area contributed by atoms with Gasteiger partial charge in [-0.3, -0.25) is 4.98 Å². The molecule has 0 aliphatic heterocycles. The summed E-state index contributed by atoms with van der Waals surface area (Å²) in [7, 11) is 0. The van der Waals surface area contributed by atoms with Crippen LogP contribution in [0.15, 0.2) is 48.8 Å². The van der Waals surface area contributed by atoms with Crippen molar-refractivity contribution in [1.82, 2.24) is 9.55 Å². The number of rotatable bonds is 1. The summed E-state index contributed by atoms with van der Waals surface area (Å²) < 4.78 is 2.28. The van der Waals surface area contributed by atoms with Gasteiger partial charge in [-0.2, -0.15) is 0 Å². The van der Waals surface area contributed by atoms with E-state index in [1.54, 1.807) is 0 Å². The van der Waals surface area contributed by atoms with Gasteiger partial charge in [0.25, 0.3) is 0 Å². The van der Waals surface area contributed by atoms with Gasteiger partial charge in [0.2, 0.25) is 0 Å². The summed E-state index contributed by atoms with van der Waals surface area (Å²) >= 11 is 0. The van der Waals surface area contributed by atoms with Gasteiger partial charge in [-0.1, -0.05) is 18.2 Å². The first-order valence-corrected chi connectivity index (χ1v) is 5.76. The van der Waals surface area contributed by atoms with Crippen molar-refractivity contribution in [2.24, 2.45) is 0 Å². The van der Waals surface area contributed by atoms with Gasteiger partial charge in [0.15, 0.2) is 0 Å². The molecule has 0 fully saturated rings. The van der Waals surface area contributed by atoms with Gasteiger partial charge in [-0.15, -0.1) is 0 Å². The topological polar surface area (TPSA) is 17.8 Å². The molecule has 0 saturated heterocycles. The van der Waals surface area contributed by atoms with Gasteiger partial charge in [0, 0.05) is 29.2 Å². The second-order valence-corrected chi connectivity index (χ2v) is 4.27. The average molecular weight is 222 g/mol. The molecule has 0 N–H and O–H groups in total. The van der Waals surface area contributed by atoms with Crippen molar-refractivity contribution in [1.29, 1.82) is 0 Å². The molecule has 0 bridgehead atoms. The average Bonchev–Trinajstić information content (AvgIpc) is 2.64. The molecule has 1 aromatic carbocycles. The van der Waals surface area contributed by atoms with Crippen LogP contribution >= 0.6 is 0 Å². The lowest BCUT2D eigenvalue weighted by molar-refractivity contribution is 1.04. The monoisotopic (exact) mass is 222 g/mol. The Bertz CT molecular complexity index is 666. The molecule has 0 unspecified atom stereocenters. The number of para-hydroxylation sites is 1. The summed E-state index contributed by atoms with van der Waals surface area (Å²) in [6, 6.07) is 12.5. The van der Waals surface area contributed by atoms with Gasteiger partial charge in [-0.25, -0.2) is 0 Å². The second-order valence-electron chi connectivity index (χ2n) is 4.27. The number of pyridine rings is 1. The van der Waals surface area contributed by atoms with Crippen LogP contribution < -0.4 is 0 Å². The molecule has 3 aromatic rings. The summed E-state index contributed by atoms with van der Waals surface area (Å²) in [4.78, 5) is 4.21. The van der Waals surface area contributed by atoms with Crippen LogP contribution in [0.5, 0.6) is 0 Å². The van der Waals surface area contributed by atoms with Crippen molar-refractivity contribution in [2.45, 2.75) is 13.8 Å². The molecule has 0 aliphatic rings. The number of benzene rings is 1. The summed E-state index contributed by atoms with van der Waals surface area (Å²) in [6.07, 6.45) is 3.79. The largest absolute Gasteiger partial charge is 0.313 e. The molecular formula is C15H14N2. The van der Waals surface area contributed by atoms with E-state index in [1.165, 1.54) is 27.8 Å². The zero-order valence-corrected chi connectivity index (χ0v) is 10.0. The quantitative estimate of drug-likeness (QED) is 0.614. The number of aryl methyl sites for hydroxylation is 1. The first-order valence-electron chi connectivity index (χ1n) is 5.76. The fourth-order valence-corrected chi connectivity index (χ4v) is 2.32. The van der Waals surface area contributed by atoms with E-state index in [1.807, 2.05) is 18.5 Å². The minimum Gasteiger partial charge on any atom is -0.313 e. The van der Waals surface area contributed by atoms with Crippen molar-refractivity contribution in [3.05, 3.63) is 60.0 Å². The van der Waals surface area contributed by atoms with Crippen LogP contribution in [0.3, 0.4) is 0 Å². The molecule has 0 atom stereocenters. The molecule has 0 saturated carbocycles. The fraction of sp³-hybridized carbons (Fsp3) is 0.133. The summed E-state index contributed by atoms with van der Waals surface area (Å²) in [5.74, 6) is 0. The minimum absolute atomic E-state index is 1.20. The lowest BCUT2D eigenvalue weighted by Gasteiger charge is -2.07. The van der Waals surface area contributed by atoms with Gasteiger partial charge < -0.3 is 4.57 Å². The summed E-state index contributed by atoms with van der Waals surface area (Å²) in [5, 5.41) is 1.23. The number of hydrogen-bond acceptors (Lipinski definition) is 1. The second kappa shape index (κ2) is 3.74. The molecule has 84 valence electrons. The smallest absolute Gasteiger partial charge is 0.0564 e. The highest BCUT2D eigenvalue weighted by atomic mass is 15.0. The van der Waals surface area contributed by atoms with Gasteiger partial charge in [0.1, 0.15) is 0 Å². The maximum atomic E-state index is 4.21. The van der Waals surface area contributed by atoms with Crippen LogP contribution in [0.25, 0.3) is 16.6 Å². The third kappa shape index (κ3) is 1.45. The molecule has 0 spiro atoms. The van der Waals surface area contributed by atoms with Crippen LogP contribution in [-0.2, 0) is 0 Å². The predicted octanol–water partition coefficient (Wildman–Crippen LogP) is 3.64. The van der Waals surface area contributed by atoms with E-state index in [9.17, 15) is 0 Å². The van der Waals surface area contributed by atoms with E-state index in [4.69, 9.17) is 0 Å². The molecule has 2 aromatic heterocycles. The number of hydrogen-bond donors (Lipinski definition) is 0. The lowest BCUT2D eigenvalue weighted by atomic mass is 10.2. The maximum absolute atomic E-state index is 4.21. The van der Waals surface area contributed by atoms with Crippen molar-refractivity contribution < 1.29 is 0 Å². The molecule has 3 rings (SSSR count). The SMILES string of the molecule is Cc1c(C)n(-c2ccccc2)c2ccncc12. The highest BCUT2D eigenvalue weighted by Crippen LogP contribution is 2.27. The van der Waals surface area contributed by atoms with Crippen LogP contribution in [-0.4, -0.2) is 9.55 Å². The summed E-state index contributed by atoms with van der Waals surface area (Å²) in [5.41, 5.74) is 5.01. The van der Waals surface area contributed by atoms with E-state index in [-0.39, 0.29) is 0 Å². The Morgan fingerprint density at radius 1 is 1.00 bits per heavy atom. The molecule has 2 heterocycles. The number of aromatic nitrogens is 2. The van der Waals surface area contributed by atoms with Crippen LogP contribution in [0.4, 0.5) is 0 Å². The normalized spacial score (nSPS) is 10.9. The van der Waals surface area contributed by atoms with Crippen molar-refractivity contribution >= 4 is 10.9 Å². The molecule has 0 aliphatic carbocycles. The minimum atomic E-state index is 1.20. The van der Waals surface area contributed by atoms with E-state index in [0.29, 0.717) is 0 Å². The van der Waals surface area contributed by atoms with Gasteiger partial charge >= 0.3 is 0 Å². The van der Waals surface area contributed by atoms with Crippen LogP contribution in [0.2, 0.25) is 0 Å². The Kier molecular flexibility index (Phi) is 2.22. The van der Waals surface area contributed by atoms with Gasteiger partial charge in [-0.05, 0) is 37.6 Å². The highest BCUT2D eigenvalue weighted by Gasteiger charge is 2.11. The Balaban J connectivity index is 2.41. The zero-order chi connectivity index (χ0) is 11.8. The van der Waals surface area contributed by atoms with Crippen LogP contribution in [0.1, 0.15) is 11.3 Å². The van der Waals surface area contributed by atoms with E-state index >= 15 is 0 Å². The molecule has 17 heavy (non-hydrogen) atoms. The Morgan fingerprint density at radius 2 is 1.76 bits per heavy atom. The highest BCUT2D eigenvalue weighted by molar-refractivity contribution is 5.86. The standard InChI is InChI=1S/C15H14N2/c1-11-12(2)17(13-6-4-3-5-7-13)15-8-9-16-10-14(11)15/h3-10H,1-2H3. The van der Waals surface area contributed by atoms with Crippen LogP contribution in [0, 0.1) is 13.8 Å². The number of nitrogens with zero attached hydrogens (tertiary/aromatic N) is 2. The molecular weight excluding hydrogens is 208 g/mol. The van der Waals surface area contributed by atoms with E-state index < -0.39 is 0 Å². The van der Waals surface area contributed by atoms with Crippen molar-refractivity contribution in [3.8, 4) is 5.69 Å². The molecule has 0 amide bonds. The summed E-state index contributed by atoms with van der Waals surface area (Å²) in [6.45, 7) is 4.31. The fourth-order valence-electron chi connectivity index (χ4n) is 2.32. The van der Waals surface area contributed by atoms with Gasteiger partial charge in [0.05, 0.1) is 5.52 Å². The zero-order valence-electron chi connectivity index (χ0n) is 10.0. The van der Waals surface area contributed by atoms with E-state index in [2.05, 4.69) is 53.7 Å². The molecule has 0 radical (unpaired) electrons. The molecule has 2 heteroatoms. The Labute approximate surface area is 101 Å². The first kappa shape index (κ1) is 10.1. The third-order valence-corrected chi connectivity index (χ3v) is 3.34. The molecule has 2 nitrogen and oxygen atoms in total. The van der Waals surface area contributed by atoms with E-state index in [0.717, 1.165) is 0 Å². The third-order valence-electron chi connectivity index (χ3n) is 3.34. The van der Waals surface area contributed by atoms with Crippen molar-refractivity contribution in [2.75, 3.05) is 0 Å². The Hall–Kier alpha value is -2.09. The predicted molar refractivity (Wildman–Crippen MR) is 70.5 cm³/mol. The Morgan fingerprint density at radius 3 is 2.53 bits per heavy atom.